The van der Waals surface area contributed by atoms with E-state index in [9.17, 15) is 9.59 Å². The van der Waals surface area contributed by atoms with Gasteiger partial charge in [0, 0.05) is 12.6 Å². The molecule has 2 amide bonds. The number of anilines is 1. The molecular weight excluding hydrogens is 428 g/mol. The van der Waals surface area contributed by atoms with Crippen molar-refractivity contribution < 1.29 is 9.59 Å². The zero-order valence-electron chi connectivity index (χ0n) is 16.7. The third-order valence-electron chi connectivity index (χ3n) is 4.57. The minimum Gasteiger partial charge on any atom is -0.339 e. The average Bonchev–Trinajstić information content (AvgIpc) is 3.45. The summed E-state index contributed by atoms with van der Waals surface area (Å²) in [6.07, 6.45) is 2.10. The van der Waals surface area contributed by atoms with Crippen molar-refractivity contribution in [1.82, 2.24) is 15.3 Å². The second-order valence-electron chi connectivity index (χ2n) is 6.83. The first kappa shape index (κ1) is 20.9. The average molecular weight is 449 g/mol. The second-order valence-corrected chi connectivity index (χ2v) is 8.78. The first-order valence-electron chi connectivity index (χ1n) is 9.68. The summed E-state index contributed by atoms with van der Waals surface area (Å²) < 4.78 is 0. The molecule has 0 fully saturated rings. The molecule has 0 aliphatic heterocycles. The van der Waals surface area contributed by atoms with E-state index in [4.69, 9.17) is 0 Å². The number of benzene rings is 1. The van der Waals surface area contributed by atoms with Crippen LogP contribution in [-0.2, 0) is 11.2 Å². The Bertz CT molecular complexity index is 1160. The van der Waals surface area contributed by atoms with Crippen LogP contribution in [0.3, 0.4) is 0 Å². The molecule has 0 saturated carbocycles. The molecule has 156 valence electrons. The van der Waals surface area contributed by atoms with Crippen LogP contribution in [0, 0.1) is 6.92 Å². The van der Waals surface area contributed by atoms with Crippen molar-refractivity contribution >= 4 is 39.6 Å². The van der Waals surface area contributed by atoms with Gasteiger partial charge < -0.3 is 10.6 Å². The molecule has 2 N–H and O–H groups in total. The number of nitrogens with zero attached hydrogens (tertiary/aromatic N) is 2. The molecule has 4 aromatic rings. The number of carbonyl (C=O) groups excluding carboxylic acids is 2. The van der Waals surface area contributed by atoms with Crippen LogP contribution in [0.5, 0.6) is 0 Å². The van der Waals surface area contributed by atoms with Crippen LogP contribution < -0.4 is 10.6 Å². The number of amides is 2. The Kier molecular flexibility index (Phi) is 6.49. The molecule has 0 saturated heterocycles. The van der Waals surface area contributed by atoms with Crippen LogP contribution >= 0.6 is 22.7 Å². The fourth-order valence-corrected chi connectivity index (χ4v) is 4.65. The highest BCUT2D eigenvalue weighted by Crippen LogP contribution is 2.31. The molecule has 0 aliphatic rings. The first-order valence-corrected chi connectivity index (χ1v) is 11.4. The van der Waals surface area contributed by atoms with E-state index in [0.29, 0.717) is 16.4 Å². The molecule has 31 heavy (non-hydrogen) atoms. The van der Waals surface area contributed by atoms with Crippen molar-refractivity contribution in [2.45, 2.75) is 19.4 Å². The van der Waals surface area contributed by atoms with Gasteiger partial charge in [0.25, 0.3) is 5.91 Å². The molecule has 0 radical (unpaired) electrons. The zero-order chi connectivity index (χ0) is 21.6. The van der Waals surface area contributed by atoms with Gasteiger partial charge in [0.05, 0.1) is 21.1 Å². The number of pyridine rings is 1. The molecule has 8 heteroatoms. The molecule has 6 nitrogen and oxygen atoms in total. The minimum absolute atomic E-state index is 0.268. The van der Waals surface area contributed by atoms with Crippen molar-refractivity contribution in [2.75, 3.05) is 5.32 Å². The summed E-state index contributed by atoms with van der Waals surface area (Å²) in [7, 11) is 0. The number of thiazole rings is 1. The lowest BCUT2D eigenvalue weighted by atomic mass is 10.1. The van der Waals surface area contributed by atoms with E-state index in [0.717, 1.165) is 21.8 Å². The van der Waals surface area contributed by atoms with Gasteiger partial charge in [0.2, 0.25) is 5.91 Å². The normalized spacial score (nSPS) is 11.6. The lowest BCUT2D eigenvalue weighted by molar-refractivity contribution is -0.118. The van der Waals surface area contributed by atoms with Gasteiger partial charge in [0.1, 0.15) is 6.04 Å². The Morgan fingerprint density at radius 3 is 2.55 bits per heavy atom. The summed E-state index contributed by atoms with van der Waals surface area (Å²) >= 11 is 2.70. The van der Waals surface area contributed by atoms with Gasteiger partial charge in [-0.05, 0) is 36.1 Å². The largest absolute Gasteiger partial charge is 0.339 e. The number of hydrogen-bond acceptors (Lipinski definition) is 6. The molecule has 0 spiro atoms. The van der Waals surface area contributed by atoms with Gasteiger partial charge >= 0.3 is 0 Å². The van der Waals surface area contributed by atoms with E-state index in [1.165, 1.54) is 22.7 Å². The Morgan fingerprint density at radius 1 is 1.03 bits per heavy atom. The first-order chi connectivity index (χ1) is 15.1. The number of aryl methyl sites for hydroxylation is 1. The van der Waals surface area contributed by atoms with Gasteiger partial charge in [-0.1, -0.05) is 53.8 Å². The highest BCUT2D eigenvalue weighted by Gasteiger charge is 2.24. The summed E-state index contributed by atoms with van der Waals surface area (Å²) in [6, 6.07) is 18.1. The van der Waals surface area contributed by atoms with E-state index in [2.05, 4.69) is 20.6 Å². The lowest BCUT2D eigenvalue weighted by Gasteiger charge is -2.17. The van der Waals surface area contributed by atoms with E-state index in [1.807, 2.05) is 66.9 Å². The number of aromatic nitrogens is 2. The number of thiophene rings is 1. The molecule has 3 heterocycles. The third kappa shape index (κ3) is 5.22. The van der Waals surface area contributed by atoms with Crippen LogP contribution in [0.25, 0.3) is 10.6 Å². The van der Waals surface area contributed by atoms with Crippen molar-refractivity contribution in [3.63, 3.8) is 0 Å². The summed E-state index contributed by atoms with van der Waals surface area (Å²) in [4.78, 5) is 36.0. The SMILES string of the molecule is Cc1nc(NC(=O)C(Cc2ccccc2)NC(=O)c2cccs2)sc1-c1ccccn1. The fourth-order valence-electron chi connectivity index (χ4n) is 3.07. The van der Waals surface area contributed by atoms with E-state index in [1.54, 1.807) is 12.3 Å². The molecule has 1 aromatic carbocycles. The van der Waals surface area contributed by atoms with Gasteiger partial charge in [-0.3, -0.25) is 14.6 Å². The maximum atomic E-state index is 13.1. The smallest absolute Gasteiger partial charge is 0.262 e. The number of nitrogens with one attached hydrogen (secondary N) is 2. The third-order valence-corrected chi connectivity index (χ3v) is 6.54. The molecule has 4 rings (SSSR count). The van der Waals surface area contributed by atoms with Crippen LogP contribution in [-0.4, -0.2) is 27.8 Å². The van der Waals surface area contributed by atoms with Gasteiger partial charge in [0.15, 0.2) is 5.13 Å². The Morgan fingerprint density at radius 2 is 1.84 bits per heavy atom. The van der Waals surface area contributed by atoms with Gasteiger partial charge in [-0.25, -0.2) is 4.98 Å². The van der Waals surface area contributed by atoms with E-state index < -0.39 is 6.04 Å². The van der Waals surface area contributed by atoms with E-state index >= 15 is 0 Å². The Labute approximate surface area is 188 Å². The lowest BCUT2D eigenvalue weighted by Crippen LogP contribution is -2.45. The highest BCUT2D eigenvalue weighted by molar-refractivity contribution is 7.19. The zero-order valence-corrected chi connectivity index (χ0v) is 18.4. The number of rotatable bonds is 7. The standard InChI is InChI=1S/C23H20N4O2S2/c1-15-20(17-10-5-6-12-24-17)31-23(25-15)27-21(28)18(14-16-8-3-2-4-9-16)26-22(29)19-11-7-13-30-19/h2-13,18H,14H2,1H3,(H,26,29)(H,25,27,28). The maximum absolute atomic E-state index is 13.1. The fraction of sp³-hybridized carbons (Fsp3) is 0.130. The minimum atomic E-state index is -0.737. The Balaban J connectivity index is 1.53. The van der Waals surface area contributed by atoms with Crippen LogP contribution in [0.2, 0.25) is 0 Å². The van der Waals surface area contributed by atoms with Crippen LogP contribution in [0.15, 0.2) is 72.2 Å². The summed E-state index contributed by atoms with van der Waals surface area (Å²) in [5.41, 5.74) is 2.56. The second kappa shape index (κ2) is 9.63. The predicted octanol–water partition coefficient (Wildman–Crippen LogP) is 4.55. The van der Waals surface area contributed by atoms with Gasteiger partial charge in [-0.2, -0.15) is 0 Å². The predicted molar refractivity (Wildman–Crippen MR) is 124 cm³/mol. The van der Waals surface area contributed by atoms with E-state index in [-0.39, 0.29) is 11.8 Å². The molecule has 1 atom stereocenters. The Hall–Kier alpha value is -3.36. The molecule has 3 aromatic heterocycles. The number of carbonyl (C=O) groups is 2. The summed E-state index contributed by atoms with van der Waals surface area (Å²) in [6.45, 7) is 1.89. The topological polar surface area (TPSA) is 84.0 Å². The number of hydrogen-bond donors (Lipinski definition) is 2. The van der Waals surface area contributed by atoms with Gasteiger partial charge in [-0.15, -0.1) is 11.3 Å². The van der Waals surface area contributed by atoms with Crippen molar-refractivity contribution in [3.8, 4) is 10.6 Å². The van der Waals surface area contributed by atoms with Crippen molar-refractivity contribution in [3.05, 3.63) is 88.4 Å². The highest BCUT2D eigenvalue weighted by atomic mass is 32.1. The maximum Gasteiger partial charge on any atom is 0.262 e. The monoisotopic (exact) mass is 448 g/mol. The molecular formula is C23H20N4O2S2. The van der Waals surface area contributed by atoms with Crippen molar-refractivity contribution in [2.24, 2.45) is 0 Å². The quantitative estimate of drug-likeness (QED) is 0.434. The molecule has 0 aliphatic carbocycles. The van der Waals surface area contributed by atoms with Crippen molar-refractivity contribution in [1.29, 1.82) is 0 Å². The molecule has 0 bridgehead atoms. The van der Waals surface area contributed by atoms with Crippen LogP contribution in [0.4, 0.5) is 5.13 Å². The summed E-state index contributed by atoms with van der Waals surface area (Å²) in [5.74, 6) is -0.578. The summed E-state index contributed by atoms with van der Waals surface area (Å²) in [5, 5.41) is 8.05. The van der Waals surface area contributed by atoms with Crippen LogP contribution in [0.1, 0.15) is 20.9 Å². The molecule has 1 unspecified atom stereocenters.